The number of esters is 1. The van der Waals surface area contributed by atoms with Crippen molar-refractivity contribution in [2.45, 2.75) is 6.92 Å². The van der Waals surface area contributed by atoms with Gasteiger partial charge in [-0.05, 0) is 31.2 Å². The summed E-state index contributed by atoms with van der Waals surface area (Å²) < 4.78 is 10.5. The van der Waals surface area contributed by atoms with Crippen molar-refractivity contribution in [3.8, 4) is 22.1 Å². The summed E-state index contributed by atoms with van der Waals surface area (Å²) in [6, 6.07) is 7.44. The van der Waals surface area contributed by atoms with E-state index >= 15 is 0 Å². The van der Waals surface area contributed by atoms with Crippen LogP contribution in [0.2, 0.25) is 0 Å². The highest BCUT2D eigenvalue weighted by molar-refractivity contribution is 7.22. The van der Waals surface area contributed by atoms with Crippen LogP contribution >= 0.6 is 11.3 Å². The fourth-order valence-electron chi connectivity index (χ4n) is 2.09. The fourth-order valence-corrected chi connectivity index (χ4v) is 3.08. The molecule has 0 aliphatic rings. The Balaban J connectivity index is 2.04. The number of hydrogen-bond acceptors (Lipinski definition) is 7. The molecule has 0 saturated carbocycles. The summed E-state index contributed by atoms with van der Waals surface area (Å²) in [5.74, 6) is -0.0894. The first kappa shape index (κ1) is 15.2. The number of fused-ring (bicyclic) bond motifs is 1. The van der Waals surface area contributed by atoms with E-state index in [0.29, 0.717) is 10.2 Å². The van der Waals surface area contributed by atoms with Crippen LogP contribution in [-0.2, 0) is 4.74 Å². The highest BCUT2D eigenvalue weighted by Crippen LogP contribution is 2.37. The van der Waals surface area contributed by atoms with E-state index in [1.807, 2.05) is 24.3 Å². The number of carbonyl (C=O) groups excluding carboxylic acids is 1. The van der Waals surface area contributed by atoms with Gasteiger partial charge in [0.1, 0.15) is 21.0 Å². The maximum absolute atomic E-state index is 11.8. The summed E-state index contributed by atoms with van der Waals surface area (Å²) in [4.78, 5) is 20.2. The summed E-state index contributed by atoms with van der Waals surface area (Å²) in [6.45, 7) is 1.92. The maximum atomic E-state index is 11.8. The quantitative estimate of drug-likeness (QED) is 0.740. The number of pyridine rings is 1. The number of thiazole rings is 1. The SMILES string of the molecule is CCOC(=O)c1ncc2nc(-c3ccc(OC)cc3)sc2c1O. The number of methoxy groups -OCH3 is 1. The van der Waals surface area contributed by atoms with Crippen LogP contribution in [0.15, 0.2) is 30.5 Å². The molecule has 118 valence electrons. The highest BCUT2D eigenvalue weighted by atomic mass is 32.1. The number of nitrogens with zero attached hydrogens (tertiary/aromatic N) is 2. The number of aromatic nitrogens is 2. The molecule has 0 bridgehead atoms. The lowest BCUT2D eigenvalue weighted by Crippen LogP contribution is -2.07. The Hall–Kier alpha value is -2.67. The number of ether oxygens (including phenoxy) is 2. The van der Waals surface area contributed by atoms with Gasteiger partial charge in [-0.25, -0.2) is 14.8 Å². The molecule has 6 nitrogen and oxygen atoms in total. The lowest BCUT2D eigenvalue weighted by atomic mass is 10.2. The number of carbonyl (C=O) groups is 1. The third-order valence-electron chi connectivity index (χ3n) is 3.21. The normalized spacial score (nSPS) is 10.7. The largest absolute Gasteiger partial charge is 0.504 e. The average Bonchev–Trinajstić information content (AvgIpc) is 3.00. The monoisotopic (exact) mass is 330 g/mol. The van der Waals surface area contributed by atoms with Crippen molar-refractivity contribution in [3.05, 3.63) is 36.2 Å². The summed E-state index contributed by atoms with van der Waals surface area (Å²) >= 11 is 1.29. The molecule has 1 aromatic carbocycles. The molecule has 7 heteroatoms. The van der Waals surface area contributed by atoms with E-state index in [9.17, 15) is 9.90 Å². The van der Waals surface area contributed by atoms with Crippen molar-refractivity contribution in [2.75, 3.05) is 13.7 Å². The molecule has 0 saturated heterocycles. The van der Waals surface area contributed by atoms with Crippen LogP contribution in [-0.4, -0.2) is 34.8 Å². The zero-order valence-electron chi connectivity index (χ0n) is 12.6. The Morgan fingerprint density at radius 2 is 2.04 bits per heavy atom. The second-order valence-electron chi connectivity index (χ2n) is 4.64. The van der Waals surface area contributed by atoms with E-state index in [-0.39, 0.29) is 18.1 Å². The van der Waals surface area contributed by atoms with Crippen LogP contribution in [0.25, 0.3) is 20.8 Å². The van der Waals surface area contributed by atoms with Gasteiger partial charge in [-0.1, -0.05) is 0 Å². The van der Waals surface area contributed by atoms with Gasteiger partial charge >= 0.3 is 5.97 Å². The summed E-state index contributed by atoms with van der Waals surface area (Å²) in [5.41, 5.74) is 1.33. The zero-order chi connectivity index (χ0) is 16.4. The first-order valence-corrected chi connectivity index (χ1v) is 7.75. The molecule has 3 aromatic rings. The van der Waals surface area contributed by atoms with Crippen LogP contribution in [0.3, 0.4) is 0 Å². The molecule has 23 heavy (non-hydrogen) atoms. The van der Waals surface area contributed by atoms with Gasteiger partial charge in [0.05, 0.1) is 19.9 Å². The Bertz CT molecular complexity index is 858. The Labute approximate surface area is 136 Å². The molecule has 0 aliphatic heterocycles. The smallest absolute Gasteiger partial charge is 0.360 e. The van der Waals surface area contributed by atoms with Gasteiger partial charge in [-0.2, -0.15) is 0 Å². The summed E-state index contributed by atoms with van der Waals surface area (Å²) in [7, 11) is 1.60. The third kappa shape index (κ3) is 2.83. The second-order valence-corrected chi connectivity index (χ2v) is 5.64. The minimum absolute atomic E-state index is 0.0933. The van der Waals surface area contributed by atoms with E-state index in [1.165, 1.54) is 17.5 Å². The molecule has 2 heterocycles. The molecule has 0 fully saturated rings. The van der Waals surface area contributed by atoms with Gasteiger partial charge in [0.2, 0.25) is 0 Å². The van der Waals surface area contributed by atoms with Crippen LogP contribution in [0.1, 0.15) is 17.4 Å². The van der Waals surface area contributed by atoms with Crippen molar-refractivity contribution in [1.29, 1.82) is 0 Å². The average molecular weight is 330 g/mol. The van der Waals surface area contributed by atoms with Gasteiger partial charge in [0, 0.05) is 5.56 Å². The molecule has 0 radical (unpaired) electrons. The number of rotatable bonds is 4. The molecule has 0 amide bonds. The second kappa shape index (κ2) is 6.21. The molecule has 0 spiro atoms. The van der Waals surface area contributed by atoms with Crippen molar-refractivity contribution < 1.29 is 19.4 Å². The Morgan fingerprint density at radius 1 is 1.30 bits per heavy atom. The van der Waals surface area contributed by atoms with E-state index in [1.54, 1.807) is 14.0 Å². The highest BCUT2D eigenvalue weighted by Gasteiger charge is 2.19. The first-order chi connectivity index (χ1) is 11.1. The zero-order valence-corrected chi connectivity index (χ0v) is 13.4. The molecular weight excluding hydrogens is 316 g/mol. The van der Waals surface area contributed by atoms with Gasteiger partial charge in [0.25, 0.3) is 0 Å². The van der Waals surface area contributed by atoms with Crippen molar-refractivity contribution in [2.24, 2.45) is 0 Å². The van der Waals surface area contributed by atoms with E-state index < -0.39 is 5.97 Å². The van der Waals surface area contributed by atoms with Crippen molar-refractivity contribution in [3.63, 3.8) is 0 Å². The van der Waals surface area contributed by atoms with Gasteiger partial charge in [-0.3, -0.25) is 0 Å². The Morgan fingerprint density at radius 3 is 2.70 bits per heavy atom. The van der Waals surface area contributed by atoms with E-state index in [4.69, 9.17) is 9.47 Å². The lowest BCUT2D eigenvalue weighted by molar-refractivity contribution is 0.0516. The third-order valence-corrected chi connectivity index (χ3v) is 4.34. The van der Waals surface area contributed by atoms with Crippen molar-refractivity contribution in [1.82, 2.24) is 9.97 Å². The minimum atomic E-state index is -0.647. The number of benzene rings is 1. The molecule has 2 aromatic heterocycles. The van der Waals surface area contributed by atoms with Crippen LogP contribution in [0, 0.1) is 0 Å². The predicted molar refractivity (Wildman–Crippen MR) is 87.0 cm³/mol. The predicted octanol–water partition coefficient (Wildman–Crippen LogP) is 3.25. The number of hydrogen-bond donors (Lipinski definition) is 1. The minimum Gasteiger partial charge on any atom is -0.504 e. The molecule has 0 aliphatic carbocycles. The fraction of sp³-hybridized carbons (Fsp3) is 0.188. The maximum Gasteiger partial charge on any atom is 0.360 e. The summed E-state index contributed by atoms with van der Waals surface area (Å²) in [6.07, 6.45) is 1.46. The van der Waals surface area contributed by atoms with Gasteiger partial charge in [0.15, 0.2) is 11.4 Å². The van der Waals surface area contributed by atoms with E-state index in [0.717, 1.165) is 16.3 Å². The van der Waals surface area contributed by atoms with Gasteiger partial charge < -0.3 is 14.6 Å². The molecule has 1 N–H and O–H groups in total. The van der Waals surface area contributed by atoms with Crippen molar-refractivity contribution >= 4 is 27.5 Å². The molecule has 0 atom stereocenters. The molecule has 3 rings (SSSR count). The topological polar surface area (TPSA) is 81.5 Å². The first-order valence-electron chi connectivity index (χ1n) is 6.94. The van der Waals surface area contributed by atoms with Crippen LogP contribution in [0.4, 0.5) is 0 Å². The number of aromatic hydroxyl groups is 1. The molecular formula is C16H14N2O4S. The summed E-state index contributed by atoms with van der Waals surface area (Å²) in [5, 5.41) is 11.0. The van der Waals surface area contributed by atoms with Gasteiger partial charge in [-0.15, -0.1) is 11.3 Å². The van der Waals surface area contributed by atoms with Crippen LogP contribution < -0.4 is 4.74 Å². The van der Waals surface area contributed by atoms with Crippen LogP contribution in [0.5, 0.6) is 11.5 Å². The van der Waals surface area contributed by atoms with E-state index in [2.05, 4.69) is 9.97 Å². The Kier molecular flexibility index (Phi) is 4.12. The molecule has 0 unspecified atom stereocenters. The lowest BCUT2D eigenvalue weighted by Gasteiger charge is -2.02. The standard InChI is InChI=1S/C16H14N2O4S/c1-3-22-16(20)12-13(19)14-11(8-17-12)18-15(23-14)9-4-6-10(21-2)7-5-9/h4-8,19H,3H2,1-2H3.